The smallest absolute Gasteiger partial charge is 0.261 e. The molecule has 0 spiro atoms. The molecule has 2 heterocycles. The van der Waals surface area contributed by atoms with E-state index in [1.807, 2.05) is 60.7 Å². The van der Waals surface area contributed by atoms with Crippen LogP contribution in [0.15, 0.2) is 73.1 Å². The van der Waals surface area contributed by atoms with Crippen molar-refractivity contribution < 1.29 is 4.79 Å². The van der Waals surface area contributed by atoms with Gasteiger partial charge in [-0.25, -0.2) is 9.50 Å². The van der Waals surface area contributed by atoms with E-state index in [4.69, 9.17) is 0 Å². The molecule has 1 N–H and O–H groups in total. The molecule has 2 aromatic carbocycles. The molecule has 5 heteroatoms. The van der Waals surface area contributed by atoms with Crippen LogP contribution >= 0.6 is 0 Å². The number of rotatable bonds is 4. The average molecular weight is 356 g/mol. The van der Waals surface area contributed by atoms with Crippen LogP contribution in [0.2, 0.25) is 0 Å². The van der Waals surface area contributed by atoms with Crippen molar-refractivity contribution in [2.24, 2.45) is 0 Å². The van der Waals surface area contributed by atoms with Gasteiger partial charge in [0.15, 0.2) is 5.65 Å². The molecule has 27 heavy (non-hydrogen) atoms. The molecule has 4 rings (SSSR count). The zero-order valence-corrected chi connectivity index (χ0v) is 15.3. The Morgan fingerprint density at radius 3 is 2.44 bits per heavy atom. The fourth-order valence-corrected chi connectivity index (χ4v) is 3.03. The van der Waals surface area contributed by atoms with Crippen molar-refractivity contribution in [2.45, 2.75) is 19.8 Å². The summed E-state index contributed by atoms with van der Waals surface area (Å²) in [6.45, 7) is 4.28. The average Bonchev–Trinajstić information content (AvgIpc) is 3.13. The van der Waals surface area contributed by atoms with Crippen molar-refractivity contribution in [3.8, 4) is 11.3 Å². The maximum Gasteiger partial charge on any atom is 0.261 e. The van der Waals surface area contributed by atoms with Gasteiger partial charge in [-0.15, -0.1) is 0 Å². The summed E-state index contributed by atoms with van der Waals surface area (Å²) in [5.41, 5.74) is 4.87. The number of benzene rings is 2. The molecule has 0 saturated carbocycles. The summed E-state index contributed by atoms with van der Waals surface area (Å²) < 4.78 is 1.70. The Kier molecular flexibility index (Phi) is 4.42. The lowest BCUT2D eigenvalue weighted by atomic mass is 10.0. The van der Waals surface area contributed by atoms with E-state index in [9.17, 15) is 4.79 Å². The van der Waals surface area contributed by atoms with Gasteiger partial charge in [0.05, 0.1) is 11.9 Å². The number of nitrogens with one attached hydrogen (secondary N) is 1. The Morgan fingerprint density at radius 1 is 1.00 bits per heavy atom. The number of hydrogen-bond donors (Lipinski definition) is 1. The van der Waals surface area contributed by atoms with Crippen LogP contribution in [0, 0.1) is 0 Å². The minimum absolute atomic E-state index is 0.222. The van der Waals surface area contributed by atoms with Gasteiger partial charge in [-0.1, -0.05) is 56.3 Å². The molecule has 0 aliphatic carbocycles. The van der Waals surface area contributed by atoms with Crippen molar-refractivity contribution in [2.75, 3.05) is 5.32 Å². The zero-order chi connectivity index (χ0) is 18.8. The van der Waals surface area contributed by atoms with Gasteiger partial charge in [-0.2, -0.15) is 5.10 Å². The molecule has 0 atom stereocenters. The van der Waals surface area contributed by atoms with Gasteiger partial charge >= 0.3 is 0 Å². The van der Waals surface area contributed by atoms with Crippen LogP contribution in [0.5, 0.6) is 0 Å². The van der Waals surface area contributed by atoms with Crippen molar-refractivity contribution in [1.82, 2.24) is 14.6 Å². The predicted octanol–water partition coefficient (Wildman–Crippen LogP) is 4.77. The van der Waals surface area contributed by atoms with E-state index in [-0.39, 0.29) is 5.91 Å². The normalized spacial score (nSPS) is 11.1. The Morgan fingerprint density at radius 2 is 1.74 bits per heavy atom. The largest absolute Gasteiger partial charge is 0.322 e. The highest BCUT2D eigenvalue weighted by atomic mass is 16.1. The molecular formula is C22H20N4O. The lowest BCUT2D eigenvalue weighted by Crippen LogP contribution is -2.12. The molecule has 134 valence electrons. The van der Waals surface area contributed by atoms with Crippen LogP contribution in [0.1, 0.15) is 35.7 Å². The minimum Gasteiger partial charge on any atom is -0.322 e. The summed E-state index contributed by atoms with van der Waals surface area (Å²) in [4.78, 5) is 17.1. The Bertz CT molecular complexity index is 1080. The van der Waals surface area contributed by atoms with Crippen LogP contribution < -0.4 is 5.32 Å². The molecule has 0 unspecified atom stereocenters. The third-order valence-electron chi connectivity index (χ3n) is 4.55. The number of amides is 1. The van der Waals surface area contributed by atoms with E-state index in [1.165, 1.54) is 5.56 Å². The molecule has 0 radical (unpaired) electrons. The predicted molar refractivity (Wildman–Crippen MR) is 107 cm³/mol. The summed E-state index contributed by atoms with van der Waals surface area (Å²) in [6, 6.07) is 19.7. The number of hydrogen-bond acceptors (Lipinski definition) is 3. The molecule has 2 aromatic heterocycles. The van der Waals surface area contributed by atoms with E-state index < -0.39 is 0 Å². The van der Waals surface area contributed by atoms with Crippen LogP contribution in [0.4, 0.5) is 5.69 Å². The summed E-state index contributed by atoms with van der Waals surface area (Å²) in [5, 5.41) is 7.32. The second kappa shape index (κ2) is 7.03. The molecule has 1 amide bonds. The topological polar surface area (TPSA) is 59.3 Å². The number of aromatic nitrogens is 3. The first kappa shape index (κ1) is 17.0. The SMILES string of the molecule is CC(C)c1ccc(NC(=O)c2cnn3c(-c4ccccc4)ccnc23)cc1. The van der Waals surface area contributed by atoms with Crippen LogP contribution in [-0.2, 0) is 0 Å². The molecular weight excluding hydrogens is 336 g/mol. The summed E-state index contributed by atoms with van der Waals surface area (Å²) in [6.07, 6.45) is 3.26. The van der Waals surface area contributed by atoms with Crippen LogP contribution in [0.25, 0.3) is 16.9 Å². The molecule has 0 aliphatic heterocycles. The first-order chi connectivity index (χ1) is 13.1. The Balaban J connectivity index is 1.65. The van der Waals surface area contributed by atoms with Gasteiger partial charge in [0.2, 0.25) is 0 Å². The van der Waals surface area contributed by atoms with Crippen molar-refractivity contribution in [1.29, 1.82) is 0 Å². The summed E-state index contributed by atoms with van der Waals surface area (Å²) in [7, 11) is 0. The van der Waals surface area contributed by atoms with Gasteiger partial charge in [0, 0.05) is 17.4 Å². The third-order valence-corrected chi connectivity index (χ3v) is 4.55. The first-order valence-electron chi connectivity index (χ1n) is 8.93. The van der Waals surface area contributed by atoms with Gasteiger partial charge in [0.25, 0.3) is 5.91 Å². The molecule has 0 bridgehead atoms. The van der Waals surface area contributed by atoms with Crippen molar-refractivity contribution >= 4 is 17.2 Å². The lowest BCUT2D eigenvalue weighted by Gasteiger charge is -2.08. The number of fused-ring (bicyclic) bond motifs is 1. The van der Waals surface area contributed by atoms with E-state index in [1.54, 1.807) is 16.9 Å². The monoisotopic (exact) mass is 356 g/mol. The van der Waals surface area contributed by atoms with E-state index in [2.05, 4.69) is 29.2 Å². The second-order valence-electron chi connectivity index (χ2n) is 6.72. The van der Waals surface area contributed by atoms with Gasteiger partial charge in [-0.3, -0.25) is 4.79 Å². The summed E-state index contributed by atoms with van der Waals surface area (Å²) >= 11 is 0. The molecule has 0 aliphatic rings. The second-order valence-corrected chi connectivity index (χ2v) is 6.72. The fourth-order valence-electron chi connectivity index (χ4n) is 3.03. The number of carbonyl (C=O) groups excluding carboxylic acids is 1. The molecule has 5 nitrogen and oxygen atoms in total. The zero-order valence-electron chi connectivity index (χ0n) is 15.3. The lowest BCUT2D eigenvalue weighted by molar-refractivity contribution is 0.102. The van der Waals surface area contributed by atoms with E-state index >= 15 is 0 Å². The number of anilines is 1. The quantitative estimate of drug-likeness (QED) is 0.573. The molecule has 4 aromatic rings. The highest BCUT2D eigenvalue weighted by Gasteiger charge is 2.16. The highest BCUT2D eigenvalue weighted by molar-refractivity contribution is 6.08. The standard InChI is InChI=1S/C22H20N4O/c1-15(2)16-8-10-18(11-9-16)25-22(27)19-14-24-26-20(12-13-23-21(19)26)17-6-4-3-5-7-17/h3-15H,1-2H3,(H,25,27). The van der Waals surface area contributed by atoms with Crippen LogP contribution in [-0.4, -0.2) is 20.5 Å². The minimum atomic E-state index is -0.222. The third kappa shape index (κ3) is 3.31. The Labute approximate surface area is 157 Å². The number of nitrogens with zero attached hydrogens (tertiary/aromatic N) is 3. The Hall–Kier alpha value is -3.47. The van der Waals surface area contributed by atoms with Crippen molar-refractivity contribution in [3.63, 3.8) is 0 Å². The van der Waals surface area contributed by atoms with Crippen LogP contribution in [0.3, 0.4) is 0 Å². The first-order valence-corrected chi connectivity index (χ1v) is 8.93. The maximum atomic E-state index is 12.8. The van der Waals surface area contributed by atoms with Gasteiger partial charge in [-0.05, 0) is 29.7 Å². The van der Waals surface area contributed by atoms with E-state index in [0.29, 0.717) is 17.1 Å². The highest BCUT2D eigenvalue weighted by Crippen LogP contribution is 2.22. The fraction of sp³-hybridized carbons (Fsp3) is 0.136. The van der Waals surface area contributed by atoms with E-state index in [0.717, 1.165) is 16.9 Å². The molecule has 0 fully saturated rings. The van der Waals surface area contributed by atoms with Crippen molar-refractivity contribution in [3.05, 3.63) is 84.2 Å². The maximum absolute atomic E-state index is 12.8. The van der Waals surface area contributed by atoms with Gasteiger partial charge < -0.3 is 5.32 Å². The molecule has 0 saturated heterocycles. The number of carbonyl (C=O) groups is 1. The van der Waals surface area contributed by atoms with Gasteiger partial charge in [0.1, 0.15) is 5.56 Å². The summed E-state index contributed by atoms with van der Waals surface area (Å²) in [5.74, 6) is 0.231.